The van der Waals surface area contributed by atoms with Gasteiger partial charge < -0.3 is 4.74 Å². The molecule has 0 saturated carbocycles. The average Bonchev–Trinajstić information content (AvgIpc) is 2.57. The summed E-state index contributed by atoms with van der Waals surface area (Å²) in [5.41, 5.74) is 2.64. The van der Waals surface area contributed by atoms with Gasteiger partial charge in [-0.25, -0.2) is 0 Å². The molecule has 3 rings (SSSR count). The minimum atomic E-state index is 0.732. The average molecular weight is 170 g/mol. The third-order valence-corrected chi connectivity index (χ3v) is 2.69. The molecule has 0 bridgehead atoms. The van der Waals surface area contributed by atoms with Crippen LogP contribution in [0.25, 0.3) is 10.8 Å². The van der Waals surface area contributed by atoms with Crippen molar-refractivity contribution in [1.29, 1.82) is 0 Å². The summed E-state index contributed by atoms with van der Waals surface area (Å²) in [4.78, 5) is 0. The van der Waals surface area contributed by atoms with E-state index in [2.05, 4.69) is 31.2 Å². The Kier molecular flexibility index (Phi) is 1.21. The second kappa shape index (κ2) is 2.25. The monoisotopic (exact) mass is 170 g/mol. The minimum absolute atomic E-state index is 0.732. The van der Waals surface area contributed by atoms with E-state index in [1.54, 1.807) is 0 Å². The highest BCUT2D eigenvalue weighted by molar-refractivity contribution is 5.94. The molecule has 2 aromatic rings. The fourth-order valence-electron chi connectivity index (χ4n) is 1.99. The van der Waals surface area contributed by atoms with Crippen molar-refractivity contribution in [2.45, 2.75) is 13.5 Å². The van der Waals surface area contributed by atoms with Gasteiger partial charge >= 0.3 is 0 Å². The van der Waals surface area contributed by atoms with Crippen molar-refractivity contribution in [2.24, 2.45) is 0 Å². The van der Waals surface area contributed by atoms with Gasteiger partial charge in [-0.15, -0.1) is 0 Å². The van der Waals surface area contributed by atoms with Crippen LogP contribution < -0.4 is 4.74 Å². The smallest absolute Gasteiger partial charge is 0.128 e. The maximum Gasteiger partial charge on any atom is 0.128 e. The molecule has 1 nitrogen and oxygen atoms in total. The van der Waals surface area contributed by atoms with Gasteiger partial charge in [0.2, 0.25) is 0 Å². The summed E-state index contributed by atoms with van der Waals surface area (Å²) < 4.78 is 5.57. The van der Waals surface area contributed by atoms with Crippen LogP contribution in [0.3, 0.4) is 0 Å². The third-order valence-electron chi connectivity index (χ3n) is 2.69. The summed E-state index contributed by atoms with van der Waals surface area (Å²) in [6.45, 7) is 2.87. The van der Waals surface area contributed by atoms with Gasteiger partial charge in [0.25, 0.3) is 0 Å². The minimum Gasteiger partial charge on any atom is -0.488 e. The van der Waals surface area contributed by atoms with Crippen molar-refractivity contribution in [2.75, 3.05) is 0 Å². The lowest BCUT2D eigenvalue weighted by molar-refractivity contribution is 0.327. The standard InChI is InChI=1S/C12H10O/c1-8-5-6-9-7-13-11-4-2-3-10(8)12(9)11/h2-6H,7H2,1H3. The summed E-state index contributed by atoms with van der Waals surface area (Å²) >= 11 is 0. The van der Waals surface area contributed by atoms with Crippen LogP contribution >= 0.6 is 0 Å². The molecule has 1 heteroatoms. The van der Waals surface area contributed by atoms with Gasteiger partial charge in [-0.05, 0) is 23.9 Å². The second-order valence-corrected chi connectivity index (χ2v) is 3.51. The molecule has 0 amide bonds. The fraction of sp³-hybridized carbons (Fsp3) is 0.167. The fourth-order valence-corrected chi connectivity index (χ4v) is 1.99. The van der Waals surface area contributed by atoms with Crippen LogP contribution in [-0.4, -0.2) is 0 Å². The number of hydrogen-bond acceptors (Lipinski definition) is 1. The Morgan fingerprint density at radius 2 is 2.08 bits per heavy atom. The topological polar surface area (TPSA) is 9.23 Å². The van der Waals surface area contributed by atoms with Gasteiger partial charge in [-0.1, -0.05) is 24.3 Å². The molecule has 1 aliphatic rings. The van der Waals surface area contributed by atoms with E-state index in [9.17, 15) is 0 Å². The van der Waals surface area contributed by atoms with Crippen molar-refractivity contribution in [1.82, 2.24) is 0 Å². The zero-order valence-corrected chi connectivity index (χ0v) is 7.50. The molecule has 13 heavy (non-hydrogen) atoms. The van der Waals surface area contributed by atoms with Gasteiger partial charge in [-0.2, -0.15) is 0 Å². The van der Waals surface area contributed by atoms with Crippen LogP contribution in [0.5, 0.6) is 5.75 Å². The van der Waals surface area contributed by atoms with Gasteiger partial charge in [-0.3, -0.25) is 0 Å². The Bertz CT molecular complexity index is 475. The van der Waals surface area contributed by atoms with Crippen LogP contribution in [-0.2, 0) is 6.61 Å². The van der Waals surface area contributed by atoms with Gasteiger partial charge in [0, 0.05) is 10.9 Å². The van der Waals surface area contributed by atoms with E-state index < -0.39 is 0 Å². The van der Waals surface area contributed by atoms with Crippen molar-refractivity contribution in [3.05, 3.63) is 41.5 Å². The lowest BCUT2D eigenvalue weighted by atomic mass is 10.0. The molecule has 2 aromatic carbocycles. The zero-order valence-electron chi connectivity index (χ0n) is 7.50. The van der Waals surface area contributed by atoms with E-state index in [0.717, 1.165) is 12.4 Å². The quantitative estimate of drug-likeness (QED) is 0.590. The van der Waals surface area contributed by atoms with E-state index in [0.29, 0.717) is 0 Å². The van der Waals surface area contributed by atoms with Crippen molar-refractivity contribution in [3.8, 4) is 5.75 Å². The molecular formula is C12H10O. The highest BCUT2D eigenvalue weighted by Gasteiger charge is 2.15. The molecule has 0 aromatic heterocycles. The number of rotatable bonds is 0. The molecule has 0 saturated heterocycles. The Morgan fingerprint density at radius 3 is 3.00 bits per heavy atom. The molecule has 0 radical (unpaired) electrons. The van der Waals surface area contributed by atoms with Gasteiger partial charge in [0.15, 0.2) is 0 Å². The predicted octanol–water partition coefficient (Wildman–Crippen LogP) is 3.04. The molecule has 0 spiro atoms. The van der Waals surface area contributed by atoms with Crippen LogP contribution in [0.15, 0.2) is 30.3 Å². The van der Waals surface area contributed by atoms with Crippen LogP contribution in [0, 0.1) is 6.92 Å². The maximum atomic E-state index is 5.57. The molecule has 0 N–H and O–H groups in total. The SMILES string of the molecule is Cc1ccc2c3c(cccc13)OC2. The Morgan fingerprint density at radius 1 is 1.15 bits per heavy atom. The Labute approximate surface area is 77.0 Å². The van der Waals surface area contributed by atoms with Crippen molar-refractivity contribution < 1.29 is 4.74 Å². The van der Waals surface area contributed by atoms with Crippen molar-refractivity contribution >= 4 is 10.8 Å². The molecular weight excluding hydrogens is 160 g/mol. The Hall–Kier alpha value is -1.50. The maximum absolute atomic E-state index is 5.57. The van der Waals surface area contributed by atoms with E-state index in [1.807, 2.05) is 6.07 Å². The summed E-state index contributed by atoms with van der Waals surface area (Å²) in [6.07, 6.45) is 0. The third kappa shape index (κ3) is 0.816. The zero-order chi connectivity index (χ0) is 8.84. The Balaban J connectivity index is 2.58. The van der Waals surface area contributed by atoms with E-state index in [-0.39, 0.29) is 0 Å². The van der Waals surface area contributed by atoms with Crippen LogP contribution in [0.1, 0.15) is 11.1 Å². The van der Waals surface area contributed by atoms with E-state index >= 15 is 0 Å². The molecule has 1 heterocycles. The molecule has 0 atom stereocenters. The highest BCUT2D eigenvalue weighted by atomic mass is 16.5. The summed E-state index contributed by atoms with van der Waals surface area (Å²) in [5.74, 6) is 1.04. The predicted molar refractivity (Wildman–Crippen MR) is 53.0 cm³/mol. The lowest BCUT2D eigenvalue weighted by Gasteiger charge is -2.01. The first-order valence-electron chi connectivity index (χ1n) is 4.50. The first-order chi connectivity index (χ1) is 6.36. The molecule has 0 fully saturated rings. The summed E-state index contributed by atoms with van der Waals surface area (Å²) in [7, 11) is 0. The molecule has 1 aliphatic heterocycles. The van der Waals surface area contributed by atoms with Crippen LogP contribution in [0.4, 0.5) is 0 Å². The highest BCUT2D eigenvalue weighted by Crippen LogP contribution is 2.36. The number of ether oxygens (including phenoxy) is 1. The van der Waals surface area contributed by atoms with Crippen LogP contribution in [0.2, 0.25) is 0 Å². The molecule has 64 valence electrons. The molecule has 0 aliphatic carbocycles. The van der Waals surface area contributed by atoms with Crippen molar-refractivity contribution in [3.63, 3.8) is 0 Å². The summed E-state index contributed by atoms with van der Waals surface area (Å²) in [5, 5.41) is 2.63. The normalized spacial score (nSPS) is 13.3. The lowest BCUT2D eigenvalue weighted by Crippen LogP contribution is -1.83. The number of hydrogen-bond donors (Lipinski definition) is 0. The van der Waals surface area contributed by atoms with Gasteiger partial charge in [0.1, 0.15) is 12.4 Å². The van der Waals surface area contributed by atoms with E-state index in [4.69, 9.17) is 4.74 Å². The van der Waals surface area contributed by atoms with Gasteiger partial charge in [0.05, 0.1) is 0 Å². The second-order valence-electron chi connectivity index (χ2n) is 3.51. The van der Waals surface area contributed by atoms with E-state index in [1.165, 1.54) is 21.9 Å². The number of aryl methyl sites for hydroxylation is 1. The largest absolute Gasteiger partial charge is 0.488 e. The first-order valence-corrected chi connectivity index (χ1v) is 4.50. The first kappa shape index (κ1) is 6.96. The molecule has 0 unspecified atom stereocenters. The summed E-state index contributed by atoms with van der Waals surface area (Å²) in [6, 6.07) is 10.6. The number of benzene rings is 2.